The monoisotopic (exact) mass is 410 g/mol. The number of aromatic nitrogens is 2. The lowest BCUT2D eigenvalue weighted by molar-refractivity contribution is -0.130. The summed E-state index contributed by atoms with van der Waals surface area (Å²) in [5, 5.41) is 1.32. The summed E-state index contributed by atoms with van der Waals surface area (Å²) in [7, 11) is 0. The van der Waals surface area contributed by atoms with Crippen LogP contribution in [0.25, 0.3) is 16.6 Å². The van der Waals surface area contributed by atoms with E-state index >= 15 is 0 Å². The lowest BCUT2D eigenvalue weighted by Crippen LogP contribution is -2.27. The highest BCUT2D eigenvalue weighted by molar-refractivity contribution is 7.99. The van der Waals surface area contributed by atoms with Gasteiger partial charge in [0.05, 0.1) is 29.3 Å². The predicted octanol–water partition coefficient (Wildman–Crippen LogP) is 4.75. The van der Waals surface area contributed by atoms with Crippen molar-refractivity contribution in [1.29, 1.82) is 0 Å². The van der Waals surface area contributed by atoms with Crippen LogP contribution >= 0.6 is 11.8 Å². The number of hydrogen-bond acceptors (Lipinski definition) is 5. The van der Waals surface area contributed by atoms with Crippen molar-refractivity contribution in [3.8, 4) is 5.69 Å². The number of hydrogen-bond donors (Lipinski definition) is 0. The summed E-state index contributed by atoms with van der Waals surface area (Å²) in [5.74, 6) is 1.23. The molecule has 1 aliphatic rings. The lowest BCUT2D eigenvalue weighted by Gasteiger charge is -2.22. The number of thioether (sulfide) groups is 1. The molecule has 0 unspecified atom stereocenters. The van der Waals surface area contributed by atoms with E-state index < -0.39 is 0 Å². The molecule has 1 saturated heterocycles. The third kappa shape index (κ3) is 4.39. The Kier molecular flexibility index (Phi) is 6.33. The predicted molar refractivity (Wildman–Crippen MR) is 117 cm³/mol. The van der Waals surface area contributed by atoms with Crippen molar-refractivity contribution in [3.05, 3.63) is 64.4 Å². The first-order chi connectivity index (χ1) is 14.2. The Balaban J connectivity index is 1.73. The molecule has 0 spiro atoms. The SMILES string of the molecule is CC[C@H](C)c1ccc(-n2c(SC[C@@H]3CCOCO3)nc3ccccc3c2=O)cc1. The van der Waals surface area contributed by atoms with Crippen LogP contribution < -0.4 is 5.56 Å². The van der Waals surface area contributed by atoms with Crippen LogP contribution in [0.4, 0.5) is 0 Å². The zero-order valence-electron chi connectivity index (χ0n) is 16.8. The molecule has 2 aromatic carbocycles. The van der Waals surface area contributed by atoms with E-state index in [-0.39, 0.29) is 11.7 Å². The molecule has 1 fully saturated rings. The molecular formula is C23H26N2O3S. The van der Waals surface area contributed by atoms with Crippen molar-refractivity contribution in [2.45, 2.75) is 43.9 Å². The zero-order chi connectivity index (χ0) is 20.2. The van der Waals surface area contributed by atoms with Gasteiger partial charge in [-0.15, -0.1) is 0 Å². The van der Waals surface area contributed by atoms with Gasteiger partial charge in [0.25, 0.3) is 5.56 Å². The maximum Gasteiger partial charge on any atom is 0.266 e. The average molecular weight is 411 g/mol. The highest BCUT2D eigenvalue weighted by Gasteiger charge is 2.18. The van der Waals surface area contributed by atoms with E-state index in [4.69, 9.17) is 14.5 Å². The van der Waals surface area contributed by atoms with E-state index in [2.05, 4.69) is 26.0 Å². The van der Waals surface area contributed by atoms with E-state index in [0.717, 1.165) is 29.8 Å². The number of benzene rings is 2. The first kappa shape index (κ1) is 20.1. The Labute approximate surface area is 175 Å². The largest absolute Gasteiger partial charge is 0.355 e. The minimum Gasteiger partial charge on any atom is -0.355 e. The topological polar surface area (TPSA) is 53.4 Å². The molecule has 0 amide bonds. The molecule has 5 nitrogen and oxygen atoms in total. The normalized spacial score (nSPS) is 18.1. The fraction of sp³-hybridized carbons (Fsp3) is 0.391. The third-order valence-corrected chi connectivity index (χ3v) is 6.52. The molecule has 2 heterocycles. The summed E-state index contributed by atoms with van der Waals surface area (Å²) in [6.07, 6.45) is 2.05. The zero-order valence-corrected chi connectivity index (χ0v) is 17.7. The fourth-order valence-electron chi connectivity index (χ4n) is 3.42. The molecule has 29 heavy (non-hydrogen) atoms. The van der Waals surface area contributed by atoms with Gasteiger partial charge < -0.3 is 9.47 Å². The average Bonchev–Trinajstić information content (AvgIpc) is 2.78. The standard InChI is InChI=1S/C23H26N2O3S/c1-3-16(2)17-8-10-18(11-9-17)25-22(26)20-6-4-5-7-21(20)24-23(25)29-14-19-12-13-27-15-28-19/h4-11,16,19H,3,12-15H2,1-2H3/t16-,19-/m0/s1. The summed E-state index contributed by atoms with van der Waals surface area (Å²) in [6.45, 7) is 5.44. The van der Waals surface area contributed by atoms with Gasteiger partial charge in [-0.05, 0) is 48.6 Å². The quantitative estimate of drug-likeness (QED) is 0.433. The van der Waals surface area contributed by atoms with Gasteiger partial charge in [0.2, 0.25) is 0 Å². The summed E-state index contributed by atoms with van der Waals surface area (Å²) >= 11 is 1.56. The van der Waals surface area contributed by atoms with E-state index in [1.54, 1.807) is 16.3 Å². The van der Waals surface area contributed by atoms with Crippen LogP contribution in [0.5, 0.6) is 0 Å². The lowest BCUT2D eigenvalue weighted by atomic mass is 9.98. The molecule has 0 aliphatic carbocycles. The number of para-hydroxylation sites is 1. The van der Waals surface area contributed by atoms with Crippen LogP contribution in [-0.2, 0) is 9.47 Å². The molecule has 0 N–H and O–H groups in total. The molecule has 1 aromatic heterocycles. The van der Waals surface area contributed by atoms with Gasteiger partial charge >= 0.3 is 0 Å². The Morgan fingerprint density at radius 1 is 1.21 bits per heavy atom. The number of ether oxygens (including phenoxy) is 2. The smallest absolute Gasteiger partial charge is 0.266 e. The van der Waals surface area contributed by atoms with Crippen molar-refractivity contribution >= 4 is 22.7 Å². The first-order valence-corrected chi connectivity index (χ1v) is 11.1. The molecular weight excluding hydrogens is 384 g/mol. The van der Waals surface area contributed by atoms with Gasteiger partial charge in [0.1, 0.15) is 6.79 Å². The summed E-state index contributed by atoms with van der Waals surface area (Å²) in [6, 6.07) is 15.8. The van der Waals surface area contributed by atoms with Gasteiger partial charge in [-0.2, -0.15) is 0 Å². The second-order valence-electron chi connectivity index (χ2n) is 7.37. The second-order valence-corrected chi connectivity index (χ2v) is 8.35. The first-order valence-electron chi connectivity index (χ1n) is 10.1. The highest BCUT2D eigenvalue weighted by atomic mass is 32.2. The Hall–Kier alpha value is -2.15. The van der Waals surface area contributed by atoms with Crippen LogP contribution in [0.3, 0.4) is 0 Å². The van der Waals surface area contributed by atoms with E-state index in [0.29, 0.717) is 29.9 Å². The van der Waals surface area contributed by atoms with Crippen LogP contribution in [0.15, 0.2) is 58.5 Å². The van der Waals surface area contributed by atoms with Crippen LogP contribution in [-0.4, -0.2) is 34.8 Å². The maximum absolute atomic E-state index is 13.3. The molecule has 0 radical (unpaired) electrons. The third-order valence-electron chi connectivity index (χ3n) is 5.45. The molecule has 3 aromatic rings. The second kappa shape index (κ2) is 9.11. The van der Waals surface area contributed by atoms with Gasteiger partial charge in [0.15, 0.2) is 5.16 Å². The fourth-order valence-corrected chi connectivity index (χ4v) is 4.50. The van der Waals surface area contributed by atoms with E-state index in [1.807, 2.05) is 36.4 Å². The van der Waals surface area contributed by atoms with Crippen LogP contribution in [0, 0.1) is 0 Å². The van der Waals surface area contributed by atoms with Gasteiger partial charge in [-0.25, -0.2) is 4.98 Å². The maximum atomic E-state index is 13.3. The van der Waals surface area contributed by atoms with Crippen LogP contribution in [0.1, 0.15) is 38.2 Å². The minimum absolute atomic E-state index is 0.0396. The van der Waals surface area contributed by atoms with Crippen molar-refractivity contribution in [2.75, 3.05) is 19.2 Å². The molecule has 4 rings (SSSR count). The number of rotatable bonds is 6. The molecule has 2 atom stereocenters. The number of fused-ring (bicyclic) bond motifs is 1. The van der Waals surface area contributed by atoms with E-state index in [1.165, 1.54) is 5.56 Å². The summed E-state index contributed by atoms with van der Waals surface area (Å²) in [5.41, 5.74) is 2.81. The highest BCUT2D eigenvalue weighted by Crippen LogP contribution is 2.25. The Morgan fingerprint density at radius 2 is 2.00 bits per heavy atom. The number of nitrogens with zero attached hydrogens (tertiary/aromatic N) is 2. The van der Waals surface area contributed by atoms with Gasteiger partial charge in [-0.3, -0.25) is 9.36 Å². The molecule has 152 valence electrons. The molecule has 0 saturated carbocycles. The van der Waals surface area contributed by atoms with Gasteiger partial charge in [-0.1, -0.05) is 49.9 Å². The van der Waals surface area contributed by atoms with Crippen molar-refractivity contribution in [2.24, 2.45) is 0 Å². The van der Waals surface area contributed by atoms with Crippen molar-refractivity contribution in [1.82, 2.24) is 9.55 Å². The Morgan fingerprint density at radius 3 is 2.72 bits per heavy atom. The van der Waals surface area contributed by atoms with Crippen molar-refractivity contribution in [3.63, 3.8) is 0 Å². The van der Waals surface area contributed by atoms with Gasteiger partial charge in [0, 0.05) is 5.75 Å². The molecule has 0 bridgehead atoms. The molecule has 6 heteroatoms. The Bertz CT molecular complexity index is 1030. The van der Waals surface area contributed by atoms with Crippen LogP contribution in [0.2, 0.25) is 0 Å². The van der Waals surface area contributed by atoms with Crippen molar-refractivity contribution < 1.29 is 9.47 Å². The summed E-state index contributed by atoms with van der Waals surface area (Å²) < 4.78 is 12.6. The summed E-state index contributed by atoms with van der Waals surface area (Å²) in [4.78, 5) is 18.1. The molecule has 1 aliphatic heterocycles. The van der Waals surface area contributed by atoms with E-state index in [9.17, 15) is 4.79 Å². The minimum atomic E-state index is -0.0396.